The molecule has 0 saturated heterocycles. The minimum atomic E-state index is -0.273. The third kappa shape index (κ3) is 3.26. The van der Waals surface area contributed by atoms with Gasteiger partial charge in [-0.15, -0.1) is 5.10 Å². The highest BCUT2D eigenvalue weighted by Gasteiger charge is 2.22. The normalized spacial score (nSPS) is 15.7. The summed E-state index contributed by atoms with van der Waals surface area (Å²) in [5.41, 5.74) is 1.22. The largest absolute Gasteiger partial charge is 0.350 e. The molecule has 6 heteroatoms. The van der Waals surface area contributed by atoms with E-state index in [2.05, 4.69) is 15.6 Å². The van der Waals surface area contributed by atoms with Crippen molar-refractivity contribution in [2.75, 3.05) is 6.54 Å². The summed E-state index contributed by atoms with van der Waals surface area (Å²) in [5.74, 6) is 0.159. The van der Waals surface area contributed by atoms with Crippen molar-refractivity contribution in [3.8, 4) is 0 Å². The number of hydrogen-bond acceptors (Lipinski definition) is 3. The zero-order valence-corrected chi connectivity index (χ0v) is 11.8. The number of rotatable bonds is 5. The molecule has 1 aliphatic carbocycles. The van der Waals surface area contributed by atoms with Crippen LogP contribution in [0.1, 0.15) is 41.9 Å². The minimum absolute atomic E-state index is 0.108. The first kappa shape index (κ1) is 13.7. The SMILES string of the molecule is C[C@@H](c1ccc(F)cc1)n1cc(C(=O)NCC2CC2)nn1. The lowest BCUT2D eigenvalue weighted by Gasteiger charge is -2.11. The van der Waals surface area contributed by atoms with Crippen molar-refractivity contribution in [1.29, 1.82) is 0 Å². The van der Waals surface area contributed by atoms with Gasteiger partial charge in [-0.2, -0.15) is 0 Å². The van der Waals surface area contributed by atoms with Gasteiger partial charge >= 0.3 is 0 Å². The predicted octanol–water partition coefficient (Wildman–Crippen LogP) is 2.17. The summed E-state index contributed by atoms with van der Waals surface area (Å²) in [6.45, 7) is 2.63. The molecule has 0 aliphatic heterocycles. The van der Waals surface area contributed by atoms with Crippen LogP contribution in [0.4, 0.5) is 4.39 Å². The number of hydrogen-bond donors (Lipinski definition) is 1. The molecule has 1 aromatic carbocycles. The number of aromatic nitrogens is 3. The zero-order valence-electron chi connectivity index (χ0n) is 11.8. The van der Waals surface area contributed by atoms with Crippen LogP contribution in [0.15, 0.2) is 30.5 Å². The average Bonchev–Trinajstić information content (AvgIpc) is 3.19. The van der Waals surface area contributed by atoms with E-state index in [4.69, 9.17) is 0 Å². The van der Waals surface area contributed by atoms with E-state index in [-0.39, 0.29) is 17.8 Å². The maximum absolute atomic E-state index is 12.9. The highest BCUT2D eigenvalue weighted by molar-refractivity contribution is 5.91. The average molecular weight is 288 g/mol. The number of carbonyl (C=O) groups excluding carboxylic acids is 1. The van der Waals surface area contributed by atoms with Gasteiger partial charge in [0, 0.05) is 6.54 Å². The summed E-state index contributed by atoms with van der Waals surface area (Å²) in [6.07, 6.45) is 4.00. The Morgan fingerprint density at radius 1 is 1.43 bits per heavy atom. The lowest BCUT2D eigenvalue weighted by Crippen LogP contribution is -2.25. The molecule has 1 N–H and O–H groups in total. The molecule has 1 amide bonds. The molecule has 0 unspecified atom stereocenters. The Hall–Kier alpha value is -2.24. The monoisotopic (exact) mass is 288 g/mol. The van der Waals surface area contributed by atoms with Crippen molar-refractivity contribution in [2.45, 2.75) is 25.8 Å². The number of benzene rings is 1. The van der Waals surface area contributed by atoms with Gasteiger partial charge in [0.1, 0.15) is 5.82 Å². The molecule has 1 atom stereocenters. The Bertz CT molecular complexity index is 633. The minimum Gasteiger partial charge on any atom is -0.350 e. The lowest BCUT2D eigenvalue weighted by atomic mass is 10.1. The molecule has 110 valence electrons. The molecule has 0 spiro atoms. The topological polar surface area (TPSA) is 59.8 Å². The second-order valence-electron chi connectivity index (χ2n) is 5.46. The molecule has 0 radical (unpaired) electrons. The third-order valence-corrected chi connectivity index (χ3v) is 3.74. The number of amides is 1. The molecular formula is C15H17FN4O. The van der Waals surface area contributed by atoms with Crippen LogP contribution in [0.25, 0.3) is 0 Å². The summed E-state index contributed by atoms with van der Waals surface area (Å²) in [4.78, 5) is 11.9. The third-order valence-electron chi connectivity index (χ3n) is 3.74. The van der Waals surface area contributed by atoms with Gasteiger partial charge in [-0.1, -0.05) is 17.3 Å². The predicted molar refractivity (Wildman–Crippen MR) is 75.3 cm³/mol. The number of halogens is 1. The van der Waals surface area contributed by atoms with E-state index in [0.29, 0.717) is 18.2 Å². The Kier molecular flexibility index (Phi) is 3.68. The van der Waals surface area contributed by atoms with Crippen LogP contribution in [-0.4, -0.2) is 27.4 Å². The standard InChI is InChI=1S/C15H17FN4O/c1-10(12-4-6-13(16)7-5-12)20-9-14(18-19-20)15(21)17-8-11-2-3-11/h4-7,9-11H,2-3,8H2,1H3,(H,17,21)/t10-/m0/s1. The van der Waals surface area contributed by atoms with Gasteiger partial charge in [0.2, 0.25) is 0 Å². The first-order valence-corrected chi connectivity index (χ1v) is 7.09. The fourth-order valence-electron chi connectivity index (χ4n) is 2.11. The second-order valence-corrected chi connectivity index (χ2v) is 5.46. The highest BCUT2D eigenvalue weighted by Crippen LogP contribution is 2.27. The van der Waals surface area contributed by atoms with Crippen molar-refractivity contribution in [1.82, 2.24) is 20.3 Å². The smallest absolute Gasteiger partial charge is 0.273 e. The fourth-order valence-corrected chi connectivity index (χ4v) is 2.11. The van der Waals surface area contributed by atoms with E-state index in [1.54, 1.807) is 23.0 Å². The molecule has 2 aromatic rings. The number of nitrogens with zero attached hydrogens (tertiary/aromatic N) is 3. The highest BCUT2D eigenvalue weighted by atomic mass is 19.1. The van der Waals surface area contributed by atoms with Gasteiger partial charge in [-0.3, -0.25) is 4.79 Å². The molecule has 1 fully saturated rings. The van der Waals surface area contributed by atoms with Crippen molar-refractivity contribution in [3.05, 3.63) is 47.5 Å². The Morgan fingerprint density at radius 2 is 2.14 bits per heavy atom. The van der Waals surface area contributed by atoms with Crippen molar-refractivity contribution in [2.24, 2.45) is 5.92 Å². The van der Waals surface area contributed by atoms with Gasteiger partial charge in [0.25, 0.3) is 5.91 Å². The molecule has 1 heterocycles. The Balaban J connectivity index is 1.68. The number of carbonyl (C=O) groups is 1. The molecule has 3 rings (SSSR count). The maximum atomic E-state index is 12.9. The Morgan fingerprint density at radius 3 is 2.81 bits per heavy atom. The van der Waals surface area contributed by atoms with Crippen LogP contribution in [0, 0.1) is 11.7 Å². The van der Waals surface area contributed by atoms with Crippen molar-refractivity contribution < 1.29 is 9.18 Å². The molecule has 1 saturated carbocycles. The van der Waals surface area contributed by atoms with Gasteiger partial charge in [0.15, 0.2) is 5.69 Å². The van der Waals surface area contributed by atoms with Crippen molar-refractivity contribution in [3.63, 3.8) is 0 Å². The van der Waals surface area contributed by atoms with Crippen LogP contribution in [0.5, 0.6) is 0 Å². The summed E-state index contributed by atoms with van der Waals surface area (Å²) < 4.78 is 14.5. The van der Waals surface area contributed by atoms with Gasteiger partial charge in [0.05, 0.1) is 12.2 Å². The van der Waals surface area contributed by atoms with E-state index in [1.807, 2.05) is 6.92 Å². The maximum Gasteiger partial charge on any atom is 0.273 e. The molecule has 21 heavy (non-hydrogen) atoms. The molecule has 1 aliphatic rings. The van der Waals surface area contributed by atoms with E-state index in [1.165, 1.54) is 25.0 Å². The zero-order chi connectivity index (χ0) is 14.8. The van der Waals surface area contributed by atoms with E-state index < -0.39 is 0 Å². The first-order valence-electron chi connectivity index (χ1n) is 7.09. The quantitative estimate of drug-likeness (QED) is 0.917. The summed E-state index contributed by atoms with van der Waals surface area (Å²) in [5, 5.41) is 10.8. The first-order chi connectivity index (χ1) is 10.1. The lowest BCUT2D eigenvalue weighted by molar-refractivity contribution is 0.0946. The summed E-state index contributed by atoms with van der Waals surface area (Å²) >= 11 is 0. The fraction of sp³-hybridized carbons (Fsp3) is 0.400. The van der Waals surface area contributed by atoms with Gasteiger partial charge in [-0.25, -0.2) is 9.07 Å². The van der Waals surface area contributed by atoms with Crippen LogP contribution in [-0.2, 0) is 0 Å². The van der Waals surface area contributed by atoms with Gasteiger partial charge < -0.3 is 5.32 Å². The van der Waals surface area contributed by atoms with Crippen molar-refractivity contribution >= 4 is 5.91 Å². The number of nitrogens with one attached hydrogen (secondary N) is 1. The molecular weight excluding hydrogens is 271 g/mol. The van der Waals surface area contributed by atoms with Crippen LogP contribution >= 0.6 is 0 Å². The van der Waals surface area contributed by atoms with Crippen LogP contribution < -0.4 is 5.32 Å². The molecule has 5 nitrogen and oxygen atoms in total. The summed E-state index contributed by atoms with van der Waals surface area (Å²) in [7, 11) is 0. The van der Waals surface area contributed by atoms with E-state index in [0.717, 1.165) is 5.56 Å². The second kappa shape index (κ2) is 5.63. The van der Waals surface area contributed by atoms with E-state index >= 15 is 0 Å². The van der Waals surface area contributed by atoms with Gasteiger partial charge in [-0.05, 0) is 43.4 Å². The molecule has 1 aromatic heterocycles. The molecule has 0 bridgehead atoms. The Labute approximate surface area is 122 Å². The summed E-state index contributed by atoms with van der Waals surface area (Å²) in [6, 6.07) is 6.12. The van der Waals surface area contributed by atoms with E-state index in [9.17, 15) is 9.18 Å². The van der Waals surface area contributed by atoms with Crippen LogP contribution in [0.3, 0.4) is 0 Å². The van der Waals surface area contributed by atoms with Crippen LogP contribution in [0.2, 0.25) is 0 Å².